The summed E-state index contributed by atoms with van der Waals surface area (Å²) in [5, 5.41) is 12.3. The molecule has 2 rings (SSSR count). The molecule has 1 aliphatic rings. The van der Waals surface area contributed by atoms with Crippen molar-refractivity contribution >= 4 is 0 Å². The molecule has 1 atom stereocenters. The summed E-state index contributed by atoms with van der Waals surface area (Å²) in [7, 11) is 0. The molecule has 1 unspecified atom stereocenters. The van der Waals surface area contributed by atoms with Crippen LogP contribution in [0.2, 0.25) is 0 Å². The number of nitrogens with one attached hydrogen (secondary N) is 1. The summed E-state index contributed by atoms with van der Waals surface area (Å²) in [6, 6.07) is 6.54. The van der Waals surface area contributed by atoms with Gasteiger partial charge in [-0.25, -0.2) is 4.98 Å². The summed E-state index contributed by atoms with van der Waals surface area (Å²) in [4.78, 5) is 6.47. The number of nitrogens with zero attached hydrogens (tertiary/aromatic N) is 3. The molecule has 1 aromatic rings. The van der Waals surface area contributed by atoms with Crippen LogP contribution in [0.25, 0.3) is 0 Å². The van der Waals surface area contributed by atoms with Gasteiger partial charge in [-0.05, 0) is 13.0 Å². The Morgan fingerprint density at radius 2 is 2.56 bits per heavy atom. The number of hydrogen-bond acceptors (Lipinski definition) is 4. The maximum Gasteiger partial charge on any atom is 0.144 e. The van der Waals surface area contributed by atoms with Gasteiger partial charge in [-0.1, -0.05) is 6.07 Å². The molecule has 84 valence electrons. The minimum atomic E-state index is 0.514. The lowest BCUT2D eigenvalue weighted by atomic mass is 10.1. The minimum Gasteiger partial charge on any atom is -0.314 e. The van der Waals surface area contributed by atoms with Crippen molar-refractivity contribution in [3.05, 3.63) is 29.6 Å². The van der Waals surface area contributed by atoms with Crippen LogP contribution in [-0.2, 0) is 6.54 Å². The zero-order valence-electron chi connectivity index (χ0n) is 9.48. The van der Waals surface area contributed by atoms with Gasteiger partial charge >= 0.3 is 0 Å². The number of nitriles is 1. The molecule has 0 radical (unpaired) electrons. The normalized spacial score (nSPS) is 21.6. The number of piperazine rings is 1. The number of rotatable bonds is 2. The number of pyridine rings is 1. The Hall–Kier alpha value is -1.44. The van der Waals surface area contributed by atoms with Gasteiger partial charge in [-0.3, -0.25) is 4.90 Å². The Labute approximate surface area is 95.9 Å². The Morgan fingerprint density at radius 3 is 3.31 bits per heavy atom. The highest BCUT2D eigenvalue weighted by Gasteiger charge is 2.18. The van der Waals surface area contributed by atoms with Gasteiger partial charge in [-0.2, -0.15) is 5.26 Å². The standard InChI is InChI=1S/C12H16N4/c1-10-8-14-5-6-16(10)9-11-3-2-4-15-12(11)7-13/h2-4,10,14H,5-6,8-9H2,1H3. The fraction of sp³-hybridized carbons (Fsp3) is 0.500. The van der Waals surface area contributed by atoms with E-state index in [4.69, 9.17) is 5.26 Å². The van der Waals surface area contributed by atoms with Crippen LogP contribution < -0.4 is 5.32 Å². The molecule has 1 aromatic heterocycles. The SMILES string of the molecule is CC1CNCCN1Cc1cccnc1C#N. The zero-order valence-corrected chi connectivity index (χ0v) is 9.48. The van der Waals surface area contributed by atoms with Crippen LogP contribution in [0.4, 0.5) is 0 Å². The molecule has 4 heteroatoms. The van der Waals surface area contributed by atoms with Crippen molar-refractivity contribution in [3.8, 4) is 6.07 Å². The van der Waals surface area contributed by atoms with Crippen molar-refractivity contribution in [1.29, 1.82) is 5.26 Å². The van der Waals surface area contributed by atoms with Gasteiger partial charge in [-0.15, -0.1) is 0 Å². The van der Waals surface area contributed by atoms with E-state index in [2.05, 4.69) is 28.2 Å². The smallest absolute Gasteiger partial charge is 0.144 e. The third kappa shape index (κ3) is 2.38. The predicted molar refractivity (Wildman–Crippen MR) is 61.7 cm³/mol. The van der Waals surface area contributed by atoms with Crippen LogP contribution in [-0.4, -0.2) is 35.6 Å². The molecule has 0 spiro atoms. The van der Waals surface area contributed by atoms with Crippen molar-refractivity contribution in [1.82, 2.24) is 15.2 Å². The maximum atomic E-state index is 8.97. The van der Waals surface area contributed by atoms with Crippen LogP contribution in [0.1, 0.15) is 18.2 Å². The van der Waals surface area contributed by atoms with Crippen LogP contribution in [0.3, 0.4) is 0 Å². The molecule has 2 heterocycles. The molecule has 0 aromatic carbocycles. The largest absolute Gasteiger partial charge is 0.314 e. The summed E-state index contributed by atoms with van der Waals surface area (Å²) < 4.78 is 0. The van der Waals surface area contributed by atoms with Gasteiger partial charge < -0.3 is 5.32 Å². The molecule has 0 saturated carbocycles. The van der Waals surface area contributed by atoms with E-state index in [1.54, 1.807) is 6.20 Å². The summed E-state index contributed by atoms with van der Waals surface area (Å²) in [6.07, 6.45) is 1.67. The molecule has 0 aliphatic carbocycles. The average molecular weight is 216 g/mol. The Balaban J connectivity index is 2.11. The second-order valence-electron chi connectivity index (χ2n) is 4.15. The van der Waals surface area contributed by atoms with Crippen LogP contribution in [0, 0.1) is 11.3 Å². The van der Waals surface area contributed by atoms with Crippen molar-refractivity contribution in [2.24, 2.45) is 0 Å². The monoisotopic (exact) mass is 216 g/mol. The molecule has 16 heavy (non-hydrogen) atoms. The highest BCUT2D eigenvalue weighted by Crippen LogP contribution is 2.11. The molecule has 1 saturated heterocycles. The van der Waals surface area contributed by atoms with E-state index in [1.807, 2.05) is 12.1 Å². The van der Waals surface area contributed by atoms with Gasteiger partial charge in [0.05, 0.1) is 0 Å². The third-order valence-corrected chi connectivity index (χ3v) is 3.01. The molecular weight excluding hydrogens is 200 g/mol. The van der Waals surface area contributed by atoms with E-state index in [-0.39, 0.29) is 0 Å². The highest BCUT2D eigenvalue weighted by atomic mass is 15.2. The van der Waals surface area contributed by atoms with Gasteiger partial charge in [0.15, 0.2) is 0 Å². The lowest BCUT2D eigenvalue weighted by molar-refractivity contribution is 0.165. The van der Waals surface area contributed by atoms with Crippen LogP contribution >= 0.6 is 0 Å². The quantitative estimate of drug-likeness (QED) is 0.792. The molecular formula is C12H16N4. The van der Waals surface area contributed by atoms with Gasteiger partial charge in [0.2, 0.25) is 0 Å². The first kappa shape index (κ1) is 11.1. The summed E-state index contributed by atoms with van der Waals surface area (Å²) in [5.74, 6) is 0. The van der Waals surface area contributed by atoms with E-state index in [1.165, 1.54) is 0 Å². The van der Waals surface area contributed by atoms with Gasteiger partial charge in [0.1, 0.15) is 11.8 Å². The van der Waals surface area contributed by atoms with E-state index < -0.39 is 0 Å². The van der Waals surface area contributed by atoms with E-state index in [9.17, 15) is 0 Å². The molecule has 1 fully saturated rings. The summed E-state index contributed by atoms with van der Waals surface area (Å²) in [6.45, 7) is 6.09. The Kier molecular flexibility index (Phi) is 3.50. The third-order valence-electron chi connectivity index (χ3n) is 3.01. The fourth-order valence-electron chi connectivity index (χ4n) is 2.00. The van der Waals surface area contributed by atoms with E-state index in [0.717, 1.165) is 31.7 Å². The predicted octanol–water partition coefficient (Wildman–Crippen LogP) is 0.747. The van der Waals surface area contributed by atoms with Crippen LogP contribution in [0.15, 0.2) is 18.3 Å². The maximum absolute atomic E-state index is 8.97. The first-order chi connectivity index (χ1) is 7.81. The summed E-state index contributed by atoms with van der Waals surface area (Å²) >= 11 is 0. The van der Waals surface area contributed by atoms with Gasteiger partial charge in [0, 0.05) is 44.0 Å². The first-order valence-electron chi connectivity index (χ1n) is 5.60. The van der Waals surface area contributed by atoms with Crippen molar-refractivity contribution in [3.63, 3.8) is 0 Å². The van der Waals surface area contributed by atoms with Gasteiger partial charge in [0.25, 0.3) is 0 Å². The molecule has 4 nitrogen and oxygen atoms in total. The minimum absolute atomic E-state index is 0.514. The zero-order chi connectivity index (χ0) is 11.4. The average Bonchev–Trinajstić information content (AvgIpc) is 2.33. The molecule has 0 bridgehead atoms. The Morgan fingerprint density at radius 1 is 1.69 bits per heavy atom. The van der Waals surface area contributed by atoms with E-state index in [0.29, 0.717) is 11.7 Å². The lowest BCUT2D eigenvalue weighted by Gasteiger charge is -2.33. The molecule has 1 aliphatic heterocycles. The fourth-order valence-corrected chi connectivity index (χ4v) is 2.00. The molecule has 0 amide bonds. The summed E-state index contributed by atoms with van der Waals surface area (Å²) in [5.41, 5.74) is 1.58. The van der Waals surface area contributed by atoms with E-state index >= 15 is 0 Å². The Bertz CT molecular complexity index is 396. The van der Waals surface area contributed by atoms with Crippen molar-refractivity contribution in [2.75, 3.05) is 19.6 Å². The van der Waals surface area contributed by atoms with Crippen molar-refractivity contribution < 1.29 is 0 Å². The second kappa shape index (κ2) is 5.06. The topological polar surface area (TPSA) is 52.0 Å². The molecule has 1 N–H and O–H groups in total. The first-order valence-corrected chi connectivity index (χ1v) is 5.60. The van der Waals surface area contributed by atoms with Crippen molar-refractivity contribution in [2.45, 2.75) is 19.5 Å². The number of aromatic nitrogens is 1. The number of hydrogen-bond donors (Lipinski definition) is 1. The highest BCUT2D eigenvalue weighted by molar-refractivity contribution is 5.30. The lowest BCUT2D eigenvalue weighted by Crippen LogP contribution is -2.49. The van der Waals surface area contributed by atoms with Crippen LogP contribution in [0.5, 0.6) is 0 Å². The second-order valence-corrected chi connectivity index (χ2v) is 4.15.